The van der Waals surface area contributed by atoms with Crippen molar-refractivity contribution in [1.29, 1.82) is 5.26 Å². The maximum Gasteiger partial charge on any atom is 0.0675 e. The molecule has 1 aromatic carbocycles. The molecule has 1 aromatic rings. The van der Waals surface area contributed by atoms with Crippen LogP contribution in [0.1, 0.15) is 37.7 Å². The van der Waals surface area contributed by atoms with Crippen LogP contribution in [0.5, 0.6) is 0 Å². The fourth-order valence-corrected chi connectivity index (χ4v) is 4.27. The minimum Gasteiger partial charge on any atom is -0.292 e. The molecule has 0 spiro atoms. The lowest BCUT2D eigenvalue weighted by molar-refractivity contribution is 0.158. The minimum atomic E-state index is 0.166. The Balaban J connectivity index is 1.81. The van der Waals surface area contributed by atoms with Crippen molar-refractivity contribution in [2.24, 2.45) is 11.8 Å². The highest BCUT2D eigenvalue weighted by Crippen LogP contribution is 2.42. The van der Waals surface area contributed by atoms with E-state index in [0.717, 1.165) is 13.0 Å². The summed E-state index contributed by atoms with van der Waals surface area (Å²) in [6, 6.07) is 14.4. The second-order valence-electron chi connectivity index (χ2n) is 6.47. The van der Waals surface area contributed by atoms with Crippen LogP contribution in [0, 0.1) is 23.2 Å². The van der Waals surface area contributed by atoms with Crippen molar-refractivity contribution in [1.82, 2.24) is 4.90 Å². The highest BCUT2D eigenvalue weighted by molar-refractivity contribution is 5.16. The summed E-state index contributed by atoms with van der Waals surface area (Å²) in [6.45, 7) is 4.88. The first kappa shape index (κ1) is 14.4. The molecule has 2 heterocycles. The van der Waals surface area contributed by atoms with Crippen LogP contribution in [-0.2, 0) is 6.54 Å². The summed E-state index contributed by atoms with van der Waals surface area (Å²) in [7, 11) is 0. The van der Waals surface area contributed by atoms with Gasteiger partial charge in [-0.2, -0.15) is 5.26 Å². The van der Waals surface area contributed by atoms with Gasteiger partial charge in [0.2, 0.25) is 0 Å². The van der Waals surface area contributed by atoms with Gasteiger partial charge in [0.25, 0.3) is 0 Å². The van der Waals surface area contributed by atoms with Gasteiger partial charge in [-0.15, -0.1) is 6.58 Å². The molecule has 0 aromatic heterocycles. The average molecular weight is 280 g/mol. The third-order valence-corrected chi connectivity index (χ3v) is 5.31. The molecule has 2 fully saturated rings. The van der Waals surface area contributed by atoms with Crippen molar-refractivity contribution in [2.45, 2.75) is 50.7 Å². The second-order valence-corrected chi connectivity index (χ2v) is 6.47. The monoisotopic (exact) mass is 280 g/mol. The molecule has 0 amide bonds. The maximum atomic E-state index is 9.71. The molecule has 0 N–H and O–H groups in total. The lowest BCUT2D eigenvalue weighted by atomic mass is 9.80. The van der Waals surface area contributed by atoms with E-state index in [4.69, 9.17) is 0 Å². The summed E-state index contributed by atoms with van der Waals surface area (Å²) >= 11 is 0. The molecule has 2 aliphatic heterocycles. The second kappa shape index (κ2) is 6.45. The summed E-state index contributed by atoms with van der Waals surface area (Å²) in [6.07, 6.45) is 7.84. The van der Waals surface area contributed by atoms with Crippen molar-refractivity contribution in [3.63, 3.8) is 0 Å². The van der Waals surface area contributed by atoms with Crippen molar-refractivity contribution >= 4 is 0 Å². The van der Waals surface area contributed by atoms with Crippen LogP contribution in [0.2, 0.25) is 0 Å². The predicted molar refractivity (Wildman–Crippen MR) is 85.4 cm³/mol. The van der Waals surface area contributed by atoms with Gasteiger partial charge in [0, 0.05) is 18.6 Å². The molecule has 110 valence electrons. The van der Waals surface area contributed by atoms with E-state index >= 15 is 0 Å². The van der Waals surface area contributed by atoms with Crippen LogP contribution >= 0.6 is 0 Å². The Morgan fingerprint density at radius 2 is 1.95 bits per heavy atom. The largest absolute Gasteiger partial charge is 0.292 e. The van der Waals surface area contributed by atoms with Crippen LogP contribution in [0.25, 0.3) is 0 Å². The number of hydrogen-bond acceptors (Lipinski definition) is 2. The van der Waals surface area contributed by atoms with Gasteiger partial charge in [0.1, 0.15) is 0 Å². The molecular weight excluding hydrogens is 256 g/mol. The van der Waals surface area contributed by atoms with Crippen molar-refractivity contribution < 1.29 is 0 Å². The van der Waals surface area contributed by atoms with E-state index < -0.39 is 0 Å². The zero-order valence-electron chi connectivity index (χ0n) is 12.6. The molecule has 2 saturated heterocycles. The van der Waals surface area contributed by atoms with Gasteiger partial charge in [-0.3, -0.25) is 4.90 Å². The molecule has 2 bridgehead atoms. The molecule has 2 nitrogen and oxygen atoms in total. The van der Waals surface area contributed by atoms with Gasteiger partial charge < -0.3 is 0 Å². The van der Waals surface area contributed by atoms with Gasteiger partial charge in [-0.05, 0) is 43.6 Å². The fourth-order valence-electron chi connectivity index (χ4n) is 4.27. The van der Waals surface area contributed by atoms with Gasteiger partial charge >= 0.3 is 0 Å². The number of allylic oxidation sites excluding steroid dienone is 1. The van der Waals surface area contributed by atoms with Gasteiger partial charge in [0.15, 0.2) is 0 Å². The van der Waals surface area contributed by atoms with Crippen molar-refractivity contribution in [2.75, 3.05) is 0 Å². The van der Waals surface area contributed by atoms with Gasteiger partial charge in [-0.25, -0.2) is 0 Å². The molecule has 0 radical (unpaired) electrons. The molecular formula is C19H24N2. The number of benzene rings is 1. The van der Waals surface area contributed by atoms with Crippen LogP contribution in [-0.4, -0.2) is 17.0 Å². The molecule has 3 rings (SSSR count). The molecule has 4 atom stereocenters. The summed E-state index contributed by atoms with van der Waals surface area (Å²) in [5.74, 6) is 0.667. The number of fused-ring (bicyclic) bond motifs is 2. The van der Waals surface area contributed by atoms with E-state index in [0.29, 0.717) is 18.0 Å². The first-order valence-corrected chi connectivity index (χ1v) is 8.13. The van der Waals surface area contributed by atoms with Crippen LogP contribution in [0.15, 0.2) is 43.0 Å². The topological polar surface area (TPSA) is 27.0 Å². The maximum absolute atomic E-state index is 9.71. The fraction of sp³-hybridized carbons (Fsp3) is 0.526. The Bertz CT molecular complexity index is 516. The normalized spacial score (nSPS) is 32.3. The quantitative estimate of drug-likeness (QED) is 0.775. The van der Waals surface area contributed by atoms with Crippen LogP contribution in [0.3, 0.4) is 0 Å². The summed E-state index contributed by atoms with van der Waals surface area (Å²) < 4.78 is 0. The highest BCUT2D eigenvalue weighted by Gasteiger charge is 2.43. The van der Waals surface area contributed by atoms with E-state index in [1.165, 1.54) is 31.2 Å². The van der Waals surface area contributed by atoms with Crippen LogP contribution in [0.4, 0.5) is 0 Å². The molecule has 0 saturated carbocycles. The molecule has 2 aliphatic rings. The molecule has 0 unspecified atom stereocenters. The zero-order valence-corrected chi connectivity index (χ0v) is 12.6. The number of rotatable bonds is 4. The minimum absolute atomic E-state index is 0.166. The van der Waals surface area contributed by atoms with Crippen LogP contribution < -0.4 is 0 Å². The Kier molecular flexibility index (Phi) is 4.41. The Morgan fingerprint density at radius 3 is 2.67 bits per heavy atom. The zero-order chi connectivity index (χ0) is 14.7. The standard InChI is InChI=1S/C19H24N2/c1-2-6-16-9-10-17-11-12-19(18(16)13-20)21(17)14-15-7-4-3-5-8-15/h2-5,7-8,16-19H,1,6,9-12,14H2/t16-,17+,18+,19+/m1/s1. The highest BCUT2D eigenvalue weighted by atomic mass is 15.2. The third kappa shape index (κ3) is 2.89. The summed E-state index contributed by atoms with van der Waals surface area (Å²) in [4.78, 5) is 2.62. The van der Waals surface area contributed by atoms with Crippen molar-refractivity contribution in [3.8, 4) is 6.07 Å². The molecule has 2 heteroatoms. The number of nitriles is 1. The summed E-state index contributed by atoms with van der Waals surface area (Å²) in [5.41, 5.74) is 1.37. The van der Waals surface area contributed by atoms with E-state index in [1.54, 1.807) is 0 Å². The number of nitrogens with zero attached hydrogens (tertiary/aromatic N) is 2. The number of hydrogen-bond donors (Lipinski definition) is 0. The summed E-state index contributed by atoms with van der Waals surface area (Å²) in [5, 5.41) is 9.71. The lowest BCUT2D eigenvalue weighted by Crippen LogP contribution is -2.38. The van der Waals surface area contributed by atoms with E-state index in [2.05, 4.69) is 47.9 Å². The predicted octanol–water partition coefficient (Wildman–Crippen LogP) is 4.15. The van der Waals surface area contributed by atoms with E-state index in [9.17, 15) is 5.26 Å². The Labute approximate surface area is 128 Å². The van der Waals surface area contributed by atoms with Crippen molar-refractivity contribution in [3.05, 3.63) is 48.6 Å². The Hall–Kier alpha value is -1.59. The van der Waals surface area contributed by atoms with Gasteiger partial charge in [0.05, 0.1) is 12.0 Å². The average Bonchev–Trinajstić information content (AvgIpc) is 2.82. The SMILES string of the molecule is C=CC[C@@H]1CC[C@H]2CC[C@@H]([C@H]1C#N)N2Cc1ccccc1. The van der Waals surface area contributed by atoms with E-state index in [1.807, 2.05) is 6.08 Å². The third-order valence-electron chi connectivity index (χ3n) is 5.31. The van der Waals surface area contributed by atoms with Gasteiger partial charge in [-0.1, -0.05) is 36.4 Å². The van der Waals surface area contributed by atoms with E-state index in [-0.39, 0.29) is 5.92 Å². The molecule has 0 aliphatic carbocycles. The smallest absolute Gasteiger partial charge is 0.0675 e. The first-order chi connectivity index (χ1) is 10.3. The lowest BCUT2D eigenvalue weighted by Gasteiger charge is -2.31. The molecule has 21 heavy (non-hydrogen) atoms. The Morgan fingerprint density at radius 1 is 1.19 bits per heavy atom. The first-order valence-electron chi connectivity index (χ1n) is 8.13.